The van der Waals surface area contributed by atoms with Crippen molar-refractivity contribution in [2.75, 3.05) is 19.8 Å². The molecule has 0 amide bonds. The molecule has 0 aliphatic rings. The standard InChI is InChI=1S/C9H15IO5/c1-3-9(4-11,5-14-7(2)12)6-15-8(10)13/h11H,3-6H2,1-2H3. The van der Waals surface area contributed by atoms with Crippen LogP contribution in [0.15, 0.2) is 0 Å². The first-order chi connectivity index (χ1) is 6.95. The topological polar surface area (TPSA) is 72.8 Å². The number of carbonyl (C=O) groups is 2. The normalized spacial score (nSPS) is 14.1. The zero-order valence-corrected chi connectivity index (χ0v) is 10.9. The smallest absolute Gasteiger partial charge is 0.367 e. The lowest BCUT2D eigenvalue weighted by Crippen LogP contribution is -2.36. The van der Waals surface area contributed by atoms with Crippen molar-refractivity contribution >= 4 is 32.5 Å². The minimum Gasteiger partial charge on any atom is -0.465 e. The van der Waals surface area contributed by atoms with Crippen LogP contribution in [-0.2, 0) is 14.3 Å². The second kappa shape index (κ2) is 7.00. The van der Waals surface area contributed by atoms with Crippen molar-refractivity contribution in [1.29, 1.82) is 0 Å². The summed E-state index contributed by atoms with van der Waals surface area (Å²) in [5.74, 6) is -0.415. The quantitative estimate of drug-likeness (QED) is 0.454. The number of ether oxygens (including phenoxy) is 2. The van der Waals surface area contributed by atoms with Crippen molar-refractivity contribution in [3.63, 3.8) is 0 Å². The van der Waals surface area contributed by atoms with Crippen LogP contribution in [0.4, 0.5) is 4.79 Å². The van der Waals surface area contributed by atoms with E-state index in [9.17, 15) is 14.7 Å². The molecular weight excluding hydrogens is 315 g/mol. The highest BCUT2D eigenvalue weighted by atomic mass is 127. The maximum absolute atomic E-state index is 10.6. The van der Waals surface area contributed by atoms with Gasteiger partial charge in [0, 0.05) is 6.92 Å². The van der Waals surface area contributed by atoms with Gasteiger partial charge in [0.25, 0.3) is 0 Å². The fourth-order valence-corrected chi connectivity index (χ4v) is 1.07. The zero-order chi connectivity index (χ0) is 11.9. The van der Waals surface area contributed by atoms with Crippen LogP contribution in [0.5, 0.6) is 0 Å². The van der Waals surface area contributed by atoms with E-state index >= 15 is 0 Å². The number of halogens is 1. The van der Waals surface area contributed by atoms with E-state index in [-0.39, 0.29) is 19.8 Å². The van der Waals surface area contributed by atoms with Crippen LogP contribution in [0.3, 0.4) is 0 Å². The van der Waals surface area contributed by atoms with Crippen LogP contribution < -0.4 is 0 Å². The number of carbonyl (C=O) groups excluding carboxylic acids is 2. The number of hydrogen-bond acceptors (Lipinski definition) is 5. The van der Waals surface area contributed by atoms with Gasteiger partial charge >= 0.3 is 9.95 Å². The first kappa shape index (κ1) is 14.6. The summed E-state index contributed by atoms with van der Waals surface area (Å²) in [6, 6.07) is 0. The molecule has 0 heterocycles. The van der Waals surface area contributed by atoms with Crippen LogP contribution in [0.2, 0.25) is 0 Å². The van der Waals surface area contributed by atoms with E-state index in [4.69, 9.17) is 9.47 Å². The van der Waals surface area contributed by atoms with Gasteiger partial charge in [0.15, 0.2) is 0 Å². The Hall–Kier alpha value is -0.370. The molecule has 6 heteroatoms. The van der Waals surface area contributed by atoms with Crippen molar-refractivity contribution in [1.82, 2.24) is 0 Å². The molecule has 0 aromatic carbocycles. The van der Waals surface area contributed by atoms with Gasteiger partial charge < -0.3 is 14.6 Å². The summed E-state index contributed by atoms with van der Waals surface area (Å²) >= 11 is 1.51. The van der Waals surface area contributed by atoms with Gasteiger partial charge in [0.05, 0.1) is 34.6 Å². The third kappa shape index (κ3) is 5.93. The van der Waals surface area contributed by atoms with Gasteiger partial charge in [-0.25, -0.2) is 4.79 Å². The fraction of sp³-hybridized carbons (Fsp3) is 0.778. The second-order valence-corrected chi connectivity index (χ2v) is 4.20. The molecule has 0 aromatic rings. The van der Waals surface area contributed by atoms with Crippen molar-refractivity contribution < 1.29 is 24.2 Å². The van der Waals surface area contributed by atoms with Gasteiger partial charge in [-0.05, 0) is 6.42 Å². The van der Waals surface area contributed by atoms with Crippen molar-refractivity contribution in [3.05, 3.63) is 0 Å². The lowest BCUT2D eigenvalue weighted by molar-refractivity contribution is -0.146. The molecule has 0 aliphatic heterocycles. The third-order valence-electron chi connectivity index (χ3n) is 2.16. The molecule has 15 heavy (non-hydrogen) atoms. The number of aliphatic hydroxyl groups is 1. The monoisotopic (exact) mass is 330 g/mol. The van der Waals surface area contributed by atoms with Gasteiger partial charge in [-0.2, -0.15) is 0 Å². The molecule has 0 aliphatic carbocycles. The van der Waals surface area contributed by atoms with Crippen LogP contribution in [-0.4, -0.2) is 34.9 Å². The maximum Gasteiger partial charge on any atom is 0.367 e. The summed E-state index contributed by atoms with van der Waals surface area (Å²) in [5, 5.41) is 9.22. The second-order valence-electron chi connectivity index (χ2n) is 3.32. The number of hydrogen-bond donors (Lipinski definition) is 1. The van der Waals surface area contributed by atoms with E-state index in [2.05, 4.69) is 0 Å². The summed E-state index contributed by atoms with van der Waals surface area (Å²) in [4.78, 5) is 21.3. The summed E-state index contributed by atoms with van der Waals surface area (Å²) in [7, 11) is 0. The predicted molar refractivity (Wildman–Crippen MR) is 61.8 cm³/mol. The van der Waals surface area contributed by atoms with Gasteiger partial charge in [-0.1, -0.05) is 6.92 Å². The Morgan fingerprint density at radius 1 is 1.33 bits per heavy atom. The number of esters is 1. The van der Waals surface area contributed by atoms with Crippen LogP contribution in [0.25, 0.3) is 0 Å². The number of aliphatic hydroxyl groups excluding tert-OH is 1. The van der Waals surface area contributed by atoms with Crippen LogP contribution in [0, 0.1) is 5.41 Å². The molecule has 1 N–H and O–H groups in total. The fourth-order valence-electron chi connectivity index (χ4n) is 0.913. The van der Waals surface area contributed by atoms with E-state index in [1.165, 1.54) is 29.5 Å². The maximum atomic E-state index is 10.6. The van der Waals surface area contributed by atoms with Crippen molar-refractivity contribution in [3.8, 4) is 0 Å². The molecule has 1 unspecified atom stereocenters. The van der Waals surface area contributed by atoms with E-state index in [1.54, 1.807) is 0 Å². The highest BCUT2D eigenvalue weighted by Gasteiger charge is 2.30. The van der Waals surface area contributed by atoms with Gasteiger partial charge in [0.1, 0.15) is 13.2 Å². The van der Waals surface area contributed by atoms with E-state index < -0.39 is 15.4 Å². The van der Waals surface area contributed by atoms with Crippen molar-refractivity contribution in [2.45, 2.75) is 20.3 Å². The molecule has 1 atom stereocenters. The summed E-state index contributed by atoms with van der Waals surface area (Å²) in [6.45, 7) is 3.04. The predicted octanol–water partition coefficient (Wildman–Crippen LogP) is 1.51. The Morgan fingerprint density at radius 3 is 2.20 bits per heavy atom. The first-order valence-electron chi connectivity index (χ1n) is 4.52. The Kier molecular flexibility index (Phi) is 6.82. The molecule has 0 bridgehead atoms. The SMILES string of the molecule is CCC(CO)(COC(C)=O)COC(=O)I. The van der Waals surface area contributed by atoms with Gasteiger partial charge in [0.2, 0.25) is 0 Å². The molecule has 88 valence electrons. The van der Waals surface area contributed by atoms with E-state index in [0.29, 0.717) is 6.42 Å². The highest BCUT2D eigenvalue weighted by Crippen LogP contribution is 2.23. The average Bonchev–Trinajstić information content (AvgIpc) is 2.19. The molecule has 0 radical (unpaired) electrons. The molecule has 0 rings (SSSR count). The summed E-state index contributed by atoms with van der Waals surface area (Å²) in [6.07, 6.45) is 0.556. The molecule has 0 fully saturated rings. The Bertz CT molecular complexity index is 205. The Labute approximate surface area is 102 Å². The van der Waals surface area contributed by atoms with Crippen molar-refractivity contribution in [2.24, 2.45) is 5.41 Å². The van der Waals surface area contributed by atoms with Gasteiger partial charge in [-0.3, -0.25) is 4.79 Å². The molecule has 0 spiro atoms. The summed E-state index contributed by atoms with van der Waals surface area (Å²) < 4.78 is 9.20. The zero-order valence-electron chi connectivity index (χ0n) is 8.79. The lowest BCUT2D eigenvalue weighted by atomic mass is 9.88. The highest BCUT2D eigenvalue weighted by molar-refractivity contribution is 14.1. The molecule has 0 saturated carbocycles. The largest absolute Gasteiger partial charge is 0.465 e. The summed E-state index contributed by atoms with van der Waals surface area (Å²) in [5.41, 5.74) is -0.688. The Balaban J connectivity index is 4.29. The molecule has 0 aromatic heterocycles. The number of rotatable bonds is 6. The Morgan fingerprint density at radius 2 is 1.87 bits per heavy atom. The lowest BCUT2D eigenvalue weighted by Gasteiger charge is -2.28. The van der Waals surface area contributed by atoms with E-state index in [1.807, 2.05) is 6.92 Å². The van der Waals surface area contributed by atoms with Gasteiger partial charge in [-0.15, -0.1) is 0 Å². The van der Waals surface area contributed by atoms with Crippen LogP contribution >= 0.6 is 22.6 Å². The third-order valence-corrected chi connectivity index (χ3v) is 2.47. The molecule has 0 saturated heterocycles. The first-order valence-corrected chi connectivity index (χ1v) is 5.60. The molecule has 5 nitrogen and oxygen atoms in total. The average molecular weight is 330 g/mol. The van der Waals surface area contributed by atoms with E-state index in [0.717, 1.165) is 0 Å². The minimum atomic E-state index is -0.688. The van der Waals surface area contributed by atoms with Crippen LogP contribution in [0.1, 0.15) is 20.3 Å². The molecular formula is C9H15IO5. The minimum absolute atomic E-state index is 0.0506.